The van der Waals surface area contributed by atoms with Crippen LogP contribution in [0.25, 0.3) is 6.08 Å². The second kappa shape index (κ2) is 7.96. The topological polar surface area (TPSA) is 81.4 Å². The Kier molecular flexibility index (Phi) is 6.59. The molecule has 1 aliphatic carbocycles. The molecule has 0 atom stereocenters. The third-order valence-electron chi connectivity index (χ3n) is 3.57. The Balaban J connectivity index is 0.00000242. The number of halogens is 1. The van der Waals surface area contributed by atoms with E-state index in [2.05, 4.69) is 5.32 Å². The third-order valence-corrected chi connectivity index (χ3v) is 3.57. The van der Waals surface area contributed by atoms with Gasteiger partial charge in [-0.15, -0.1) is 12.4 Å². The fourth-order valence-electron chi connectivity index (χ4n) is 2.07. The van der Waals surface area contributed by atoms with Crippen molar-refractivity contribution in [2.75, 3.05) is 11.9 Å². The summed E-state index contributed by atoms with van der Waals surface area (Å²) in [6.45, 7) is 2.12. The van der Waals surface area contributed by atoms with Gasteiger partial charge in [0.25, 0.3) is 0 Å². The average molecular weight is 325 g/mol. The van der Waals surface area contributed by atoms with Gasteiger partial charge in [-0.25, -0.2) is 4.79 Å². The van der Waals surface area contributed by atoms with Gasteiger partial charge >= 0.3 is 5.97 Å². The number of benzene rings is 1. The Labute approximate surface area is 136 Å². The summed E-state index contributed by atoms with van der Waals surface area (Å²) < 4.78 is 4.80. The molecule has 1 amide bonds. The summed E-state index contributed by atoms with van der Waals surface area (Å²) in [6, 6.07) is 7.19. The van der Waals surface area contributed by atoms with E-state index in [0.717, 1.165) is 24.8 Å². The molecule has 1 aromatic rings. The molecule has 0 radical (unpaired) electrons. The molecule has 6 heteroatoms. The lowest BCUT2D eigenvalue weighted by Crippen LogP contribution is -2.56. The first-order valence-electron chi connectivity index (χ1n) is 7.09. The molecule has 1 saturated carbocycles. The zero-order valence-electron chi connectivity index (χ0n) is 12.5. The van der Waals surface area contributed by atoms with E-state index in [4.69, 9.17) is 10.5 Å². The van der Waals surface area contributed by atoms with Crippen LogP contribution in [0.4, 0.5) is 5.69 Å². The largest absolute Gasteiger partial charge is 0.463 e. The number of ether oxygens (including phenoxy) is 1. The van der Waals surface area contributed by atoms with Gasteiger partial charge < -0.3 is 15.8 Å². The molecule has 3 N–H and O–H groups in total. The molecule has 1 aromatic carbocycles. The van der Waals surface area contributed by atoms with Crippen molar-refractivity contribution in [3.63, 3.8) is 0 Å². The van der Waals surface area contributed by atoms with Gasteiger partial charge in [0, 0.05) is 11.8 Å². The minimum absolute atomic E-state index is 0. The molecule has 2 rings (SSSR count). The molecule has 0 saturated heterocycles. The predicted molar refractivity (Wildman–Crippen MR) is 88.8 cm³/mol. The van der Waals surface area contributed by atoms with Crippen molar-refractivity contribution in [3.05, 3.63) is 35.9 Å². The van der Waals surface area contributed by atoms with Gasteiger partial charge in [-0.05, 0) is 50.0 Å². The monoisotopic (exact) mass is 324 g/mol. The van der Waals surface area contributed by atoms with Crippen molar-refractivity contribution < 1.29 is 14.3 Å². The average Bonchev–Trinajstić information content (AvgIpc) is 2.44. The van der Waals surface area contributed by atoms with Gasteiger partial charge in [0.2, 0.25) is 5.91 Å². The Hall–Kier alpha value is -1.85. The Morgan fingerprint density at radius 1 is 1.32 bits per heavy atom. The molecule has 22 heavy (non-hydrogen) atoms. The first-order chi connectivity index (χ1) is 10.0. The van der Waals surface area contributed by atoms with Crippen molar-refractivity contribution in [3.8, 4) is 0 Å². The summed E-state index contributed by atoms with van der Waals surface area (Å²) in [4.78, 5) is 23.2. The van der Waals surface area contributed by atoms with E-state index in [-0.39, 0.29) is 24.3 Å². The van der Waals surface area contributed by atoms with E-state index < -0.39 is 5.54 Å². The number of esters is 1. The molecule has 0 aliphatic heterocycles. The van der Waals surface area contributed by atoms with E-state index in [1.807, 2.05) is 12.1 Å². The summed E-state index contributed by atoms with van der Waals surface area (Å²) in [5, 5.41) is 2.82. The van der Waals surface area contributed by atoms with Gasteiger partial charge in [0.05, 0.1) is 12.1 Å². The lowest BCUT2D eigenvalue weighted by Gasteiger charge is -2.36. The number of rotatable bonds is 5. The van der Waals surface area contributed by atoms with Crippen LogP contribution in [0.2, 0.25) is 0 Å². The van der Waals surface area contributed by atoms with Crippen LogP contribution in [0.5, 0.6) is 0 Å². The molecule has 0 bridgehead atoms. The van der Waals surface area contributed by atoms with Crippen molar-refractivity contribution >= 4 is 36.0 Å². The van der Waals surface area contributed by atoms with Gasteiger partial charge in [-0.1, -0.05) is 12.1 Å². The lowest BCUT2D eigenvalue weighted by molar-refractivity contribution is -0.137. The maximum Gasteiger partial charge on any atom is 0.330 e. The summed E-state index contributed by atoms with van der Waals surface area (Å²) in [5.41, 5.74) is 6.81. The zero-order chi connectivity index (χ0) is 15.3. The Bertz CT molecular complexity index is 551. The van der Waals surface area contributed by atoms with Crippen LogP contribution < -0.4 is 11.1 Å². The Morgan fingerprint density at radius 2 is 1.95 bits per heavy atom. The second-order valence-corrected chi connectivity index (χ2v) is 5.17. The van der Waals surface area contributed by atoms with E-state index in [9.17, 15) is 9.59 Å². The highest BCUT2D eigenvalue weighted by molar-refractivity contribution is 5.98. The SMILES string of the molecule is CCOC(=O)/C=C/c1ccc(NC(=O)C2(N)CCC2)cc1.Cl. The summed E-state index contributed by atoms with van der Waals surface area (Å²) in [7, 11) is 0. The van der Waals surface area contributed by atoms with Crippen LogP contribution in [0.3, 0.4) is 0 Å². The van der Waals surface area contributed by atoms with Crippen LogP contribution in [0.1, 0.15) is 31.7 Å². The van der Waals surface area contributed by atoms with Crippen LogP contribution in [-0.4, -0.2) is 24.0 Å². The number of hydrogen-bond acceptors (Lipinski definition) is 4. The minimum Gasteiger partial charge on any atom is -0.463 e. The Morgan fingerprint density at radius 3 is 2.45 bits per heavy atom. The zero-order valence-corrected chi connectivity index (χ0v) is 13.3. The molecule has 5 nitrogen and oxygen atoms in total. The maximum atomic E-state index is 12.0. The second-order valence-electron chi connectivity index (χ2n) is 5.17. The van der Waals surface area contributed by atoms with Gasteiger partial charge in [0.15, 0.2) is 0 Å². The molecule has 120 valence electrons. The highest BCUT2D eigenvalue weighted by Crippen LogP contribution is 2.30. The quantitative estimate of drug-likeness (QED) is 0.644. The van der Waals surface area contributed by atoms with Crippen molar-refractivity contribution in [2.24, 2.45) is 5.73 Å². The molecule has 1 fully saturated rings. The first kappa shape index (κ1) is 18.2. The van der Waals surface area contributed by atoms with Gasteiger partial charge in [-0.2, -0.15) is 0 Å². The molecule has 0 aromatic heterocycles. The highest BCUT2D eigenvalue weighted by Gasteiger charge is 2.40. The maximum absolute atomic E-state index is 12.0. The van der Waals surface area contributed by atoms with E-state index in [0.29, 0.717) is 12.3 Å². The minimum atomic E-state index is -0.706. The van der Waals surface area contributed by atoms with Crippen LogP contribution >= 0.6 is 12.4 Å². The van der Waals surface area contributed by atoms with Gasteiger partial charge in [-0.3, -0.25) is 4.79 Å². The predicted octanol–water partition coefficient (Wildman–Crippen LogP) is 2.50. The van der Waals surface area contributed by atoms with E-state index in [1.54, 1.807) is 25.1 Å². The van der Waals surface area contributed by atoms with E-state index >= 15 is 0 Å². The number of nitrogens with one attached hydrogen (secondary N) is 1. The molecule has 0 unspecified atom stereocenters. The molecular weight excluding hydrogens is 304 g/mol. The highest BCUT2D eigenvalue weighted by atomic mass is 35.5. The van der Waals surface area contributed by atoms with Crippen LogP contribution in [0, 0.1) is 0 Å². The molecular formula is C16H21ClN2O3. The fraction of sp³-hybridized carbons (Fsp3) is 0.375. The third kappa shape index (κ3) is 4.58. The standard InChI is InChI=1S/C16H20N2O3.ClH/c1-2-21-14(19)9-6-12-4-7-13(8-5-12)18-15(20)16(17)10-3-11-16;/h4-9H,2-3,10-11,17H2,1H3,(H,18,20);1H/b9-6+;. The summed E-state index contributed by atoms with van der Waals surface area (Å²) in [5.74, 6) is -0.506. The number of carbonyl (C=O) groups excluding carboxylic acids is 2. The summed E-state index contributed by atoms with van der Waals surface area (Å²) in [6.07, 6.45) is 5.51. The normalized spacial score (nSPS) is 15.5. The number of hydrogen-bond donors (Lipinski definition) is 2. The number of nitrogens with two attached hydrogens (primary N) is 1. The lowest BCUT2D eigenvalue weighted by atomic mass is 9.77. The van der Waals surface area contributed by atoms with Crippen LogP contribution in [-0.2, 0) is 14.3 Å². The smallest absolute Gasteiger partial charge is 0.330 e. The molecule has 0 heterocycles. The summed E-state index contributed by atoms with van der Waals surface area (Å²) >= 11 is 0. The first-order valence-corrected chi connectivity index (χ1v) is 7.09. The van der Waals surface area contributed by atoms with Gasteiger partial charge in [0.1, 0.15) is 0 Å². The number of amides is 1. The van der Waals surface area contributed by atoms with Crippen molar-refractivity contribution in [2.45, 2.75) is 31.7 Å². The van der Waals surface area contributed by atoms with E-state index in [1.165, 1.54) is 6.08 Å². The number of carbonyl (C=O) groups is 2. The fourth-order valence-corrected chi connectivity index (χ4v) is 2.07. The van der Waals surface area contributed by atoms with Crippen LogP contribution in [0.15, 0.2) is 30.3 Å². The van der Waals surface area contributed by atoms with Crippen molar-refractivity contribution in [1.82, 2.24) is 0 Å². The molecule has 0 spiro atoms. The number of anilines is 1. The van der Waals surface area contributed by atoms with Crippen molar-refractivity contribution in [1.29, 1.82) is 0 Å². The molecule has 1 aliphatic rings.